The molecule has 1 amide bonds. The maximum absolute atomic E-state index is 11.8. The molecule has 0 aromatic carbocycles. The lowest BCUT2D eigenvalue weighted by Crippen LogP contribution is -2.47. The van der Waals surface area contributed by atoms with Crippen molar-refractivity contribution in [2.45, 2.75) is 78.0 Å². The van der Waals surface area contributed by atoms with E-state index in [-0.39, 0.29) is 5.92 Å². The molecule has 0 bridgehead atoms. The molecule has 0 aliphatic heterocycles. The first kappa shape index (κ1) is 27.2. The fraction of sp³-hybridized carbons (Fsp3) is 0.684. The molecular formula is C19H36N10O2S. The van der Waals surface area contributed by atoms with Crippen molar-refractivity contribution in [3.05, 3.63) is 16.3 Å². The van der Waals surface area contributed by atoms with Gasteiger partial charge in [-0.05, 0) is 47.8 Å². The second-order valence-electron chi connectivity index (χ2n) is 8.56. The summed E-state index contributed by atoms with van der Waals surface area (Å²) < 4.78 is 1.65. The van der Waals surface area contributed by atoms with Crippen LogP contribution in [0, 0.1) is 0 Å². The standard InChI is InChI=1S/C10H19N5O2.C9H17N5S/c1-6(2)7-13-15(9(17)14(7)11)8(16)12-10(3,4)5;1-5-10-7-12-8(11-6(2)3)14-9(13-7)15-4/h6H,11H2,1-5H3,(H,12,16);6H,5H2,1-4H3,(H2,10,11,12,13,14). The van der Waals surface area contributed by atoms with Gasteiger partial charge in [0.2, 0.25) is 11.9 Å². The van der Waals surface area contributed by atoms with Gasteiger partial charge in [0, 0.05) is 24.0 Å². The summed E-state index contributed by atoms with van der Waals surface area (Å²) >= 11 is 1.51. The highest BCUT2D eigenvalue weighted by Gasteiger charge is 2.22. The van der Waals surface area contributed by atoms with Crippen molar-refractivity contribution in [3.8, 4) is 0 Å². The molecule has 0 spiro atoms. The molecule has 0 aliphatic carbocycles. The number of nitrogens with zero attached hydrogens (tertiary/aromatic N) is 6. The Labute approximate surface area is 193 Å². The third-order valence-electron chi connectivity index (χ3n) is 3.58. The highest BCUT2D eigenvalue weighted by Crippen LogP contribution is 2.13. The number of anilines is 2. The summed E-state index contributed by atoms with van der Waals surface area (Å²) in [5, 5.41) is 13.5. The van der Waals surface area contributed by atoms with Crippen molar-refractivity contribution in [1.82, 2.24) is 34.7 Å². The first-order valence-corrected chi connectivity index (χ1v) is 11.6. The van der Waals surface area contributed by atoms with E-state index in [4.69, 9.17) is 5.84 Å². The van der Waals surface area contributed by atoms with Gasteiger partial charge in [-0.2, -0.15) is 19.6 Å². The number of nitrogens with one attached hydrogen (secondary N) is 3. The van der Waals surface area contributed by atoms with Gasteiger partial charge in [0.1, 0.15) is 0 Å². The zero-order valence-corrected chi connectivity index (χ0v) is 21.2. The van der Waals surface area contributed by atoms with Crippen LogP contribution in [0.25, 0.3) is 0 Å². The molecule has 0 saturated carbocycles. The van der Waals surface area contributed by atoms with Gasteiger partial charge in [-0.1, -0.05) is 25.6 Å². The van der Waals surface area contributed by atoms with Crippen molar-refractivity contribution in [2.75, 3.05) is 29.3 Å². The SMILES string of the molecule is CC(C)c1nn(C(=O)NC(C)(C)C)c(=O)n1N.CCNc1nc(NC(C)C)nc(SC)n1. The Balaban J connectivity index is 0.000000323. The number of thioether (sulfide) groups is 1. The van der Waals surface area contributed by atoms with Crippen LogP contribution in [0.2, 0.25) is 0 Å². The van der Waals surface area contributed by atoms with Crippen molar-refractivity contribution in [2.24, 2.45) is 0 Å². The maximum Gasteiger partial charge on any atom is 0.373 e. The van der Waals surface area contributed by atoms with Crippen molar-refractivity contribution in [3.63, 3.8) is 0 Å². The normalized spacial score (nSPS) is 11.2. The molecule has 32 heavy (non-hydrogen) atoms. The summed E-state index contributed by atoms with van der Waals surface area (Å²) in [6.45, 7) is 16.1. The molecule has 0 radical (unpaired) electrons. The average molecular weight is 469 g/mol. The van der Waals surface area contributed by atoms with E-state index < -0.39 is 17.3 Å². The van der Waals surface area contributed by atoms with Crippen molar-refractivity contribution in [1.29, 1.82) is 0 Å². The molecule has 2 heterocycles. The van der Waals surface area contributed by atoms with Gasteiger partial charge in [0.15, 0.2) is 11.0 Å². The van der Waals surface area contributed by atoms with E-state index in [1.54, 1.807) is 0 Å². The largest absolute Gasteiger partial charge is 0.373 e. The van der Waals surface area contributed by atoms with Gasteiger partial charge in [-0.15, -0.1) is 9.78 Å². The van der Waals surface area contributed by atoms with Crippen LogP contribution < -0.4 is 27.5 Å². The topological polar surface area (TPSA) is 158 Å². The van der Waals surface area contributed by atoms with E-state index in [9.17, 15) is 9.59 Å². The number of amides is 1. The quantitative estimate of drug-likeness (QED) is 0.365. The van der Waals surface area contributed by atoms with E-state index in [0.717, 1.165) is 21.1 Å². The van der Waals surface area contributed by atoms with Crippen LogP contribution in [0.15, 0.2) is 9.95 Å². The van der Waals surface area contributed by atoms with Crippen molar-refractivity contribution < 1.29 is 4.79 Å². The number of hydrogen-bond acceptors (Lipinski definition) is 10. The molecular weight excluding hydrogens is 432 g/mol. The Bertz CT molecular complexity index is 947. The molecule has 12 nitrogen and oxygen atoms in total. The van der Waals surface area contributed by atoms with Gasteiger partial charge in [-0.3, -0.25) is 0 Å². The Kier molecular flexibility index (Phi) is 9.94. The first-order valence-electron chi connectivity index (χ1n) is 10.4. The summed E-state index contributed by atoms with van der Waals surface area (Å²) in [4.78, 5) is 36.2. The Hall–Kier alpha value is -2.83. The third-order valence-corrected chi connectivity index (χ3v) is 4.13. The van der Waals surface area contributed by atoms with E-state index in [1.807, 2.05) is 47.8 Å². The van der Waals surface area contributed by atoms with E-state index in [1.165, 1.54) is 11.8 Å². The van der Waals surface area contributed by atoms with Crippen LogP contribution in [0.4, 0.5) is 16.7 Å². The van der Waals surface area contributed by atoms with Crippen LogP contribution in [0.3, 0.4) is 0 Å². The number of nitrogens with two attached hydrogens (primary N) is 1. The molecule has 2 rings (SSSR count). The number of aromatic nitrogens is 6. The smallest absolute Gasteiger partial charge is 0.354 e. The van der Waals surface area contributed by atoms with E-state index >= 15 is 0 Å². The lowest BCUT2D eigenvalue weighted by Gasteiger charge is -2.19. The average Bonchev–Trinajstić information content (AvgIpc) is 2.96. The number of hydrogen-bond donors (Lipinski definition) is 4. The predicted molar refractivity (Wildman–Crippen MR) is 129 cm³/mol. The lowest BCUT2D eigenvalue weighted by molar-refractivity contribution is 0.229. The highest BCUT2D eigenvalue weighted by molar-refractivity contribution is 7.98. The minimum absolute atomic E-state index is 0.0311. The summed E-state index contributed by atoms with van der Waals surface area (Å²) in [6, 6.07) is -0.259. The maximum atomic E-state index is 11.8. The van der Waals surface area contributed by atoms with Gasteiger partial charge < -0.3 is 21.8 Å². The van der Waals surface area contributed by atoms with Crippen LogP contribution >= 0.6 is 11.8 Å². The van der Waals surface area contributed by atoms with Gasteiger partial charge in [0.25, 0.3) is 0 Å². The van der Waals surface area contributed by atoms with E-state index in [2.05, 4.69) is 49.8 Å². The number of rotatable bonds is 6. The molecule has 0 aliphatic rings. The molecule has 0 fully saturated rings. The second-order valence-corrected chi connectivity index (χ2v) is 9.33. The predicted octanol–water partition coefficient (Wildman–Crippen LogP) is 2.08. The zero-order chi connectivity index (χ0) is 24.6. The minimum Gasteiger partial charge on any atom is -0.354 e. The van der Waals surface area contributed by atoms with Crippen molar-refractivity contribution >= 4 is 29.7 Å². The second kappa shape index (κ2) is 11.7. The van der Waals surface area contributed by atoms with Crippen LogP contribution in [0.1, 0.15) is 67.1 Å². The Morgan fingerprint density at radius 1 is 1.12 bits per heavy atom. The van der Waals surface area contributed by atoms with E-state index in [0.29, 0.717) is 23.8 Å². The third kappa shape index (κ3) is 8.36. The van der Waals surface area contributed by atoms with Crippen LogP contribution in [-0.2, 0) is 0 Å². The molecule has 5 N–H and O–H groups in total. The Morgan fingerprint density at radius 3 is 2.16 bits per heavy atom. The molecule has 2 aromatic rings. The summed E-state index contributed by atoms with van der Waals surface area (Å²) in [6.07, 6.45) is 1.95. The lowest BCUT2D eigenvalue weighted by atomic mass is 10.1. The Morgan fingerprint density at radius 2 is 1.72 bits per heavy atom. The molecule has 0 saturated heterocycles. The van der Waals surface area contributed by atoms with Crippen LogP contribution in [-0.4, -0.2) is 59.8 Å². The summed E-state index contributed by atoms with van der Waals surface area (Å²) in [5.74, 6) is 7.14. The molecule has 180 valence electrons. The number of carbonyl (C=O) groups is 1. The van der Waals surface area contributed by atoms with Gasteiger partial charge in [-0.25, -0.2) is 9.59 Å². The summed E-state index contributed by atoms with van der Waals surface area (Å²) in [5.41, 5.74) is -1.08. The minimum atomic E-state index is -0.643. The number of carbonyl (C=O) groups excluding carboxylic acids is 1. The zero-order valence-electron chi connectivity index (χ0n) is 20.3. The summed E-state index contributed by atoms with van der Waals surface area (Å²) in [7, 11) is 0. The van der Waals surface area contributed by atoms with Gasteiger partial charge in [0.05, 0.1) is 0 Å². The number of nitrogen functional groups attached to an aromatic ring is 1. The molecule has 2 aromatic heterocycles. The highest BCUT2D eigenvalue weighted by atomic mass is 32.2. The fourth-order valence-electron chi connectivity index (χ4n) is 2.30. The van der Waals surface area contributed by atoms with Crippen LogP contribution in [0.5, 0.6) is 0 Å². The monoisotopic (exact) mass is 468 g/mol. The molecule has 13 heteroatoms. The van der Waals surface area contributed by atoms with Gasteiger partial charge >= 0.3 is 11.7 Å². The molecule has 0 unspecified atom stereocenters. The first-order chi connectivity index (χ1) is 14.8. The molecule has 0 atom stereocenters. The fourth-order valence-corrected chi connectivity index (χ4v) is 2.66.